The van der Waals surface area contributed by atoms with Gasteiger partial charge in [-0.3, -0.25) is 19.2 Å². The number of rotatable bonds is 3. The van der Waals surface area contributed by atoms with Crippen LogP contribution in [0, 0.1) is 5.92 Å². The zero-order chi connectivity index (χ0) is 13.6. The summed E-state index contributed by atoms with van der Waals surface area (Å²) in [5.74, 6) is 0.150. The van der Waals surface area contributed by atoms with E-state index < -0.39 is 5.54 Å². The normalized spacial score (nSPS) is 27.6. The van der Waals surface area contributed by atoms with Crippen LogP contribution >= 0.6 is 0 Å². The highest BCUT2D eigenvalue weighted by atomic mass is 16.2. The molecule has 0 spiro atoms. The van der Waals surface area contributed by atoms with Crippen molar-refractivity contribution in [2.24, 2.45) is 5.92 Å². The summed E-state index contributed by atoms with van der Waals surface area (Å²) >= 11 is 0. The van der Waals surface area contributed by atoms with Crippen molar-refractivity contribution in [1.29, 1.82) is 0 Å². The Balaban J connectivity index is 1.91. The largest absolute Gasteiger partial charge is 0.340 e. The van der Waals surface area contributed by atoms with Crippen molar-refractivity contribution in [2.75, 3.05) is 11.4 Å². The highest BCUT2D eigenvalue weighted by Crippen LogP contribution is 2.42. The molecular weight excluding hydrogens is 244 g/mol. The summed E-state index contributed by atoms with van der Waals surface area (Å²) in [5, 5.41) is 7.04. The molecule has 2 heterocycles. The molecule has 6 heteroatoms. The highest BCUT2D eigenvalue weighted by Gasteiger charge is 2.52. The van der Waals surface area contributed by atoms with E-state index in [2.05, 4.69) is 10.4 Å². The third-order valence-corrected chi connectivity index (χ3v) is 4.04. The van der Waals surface area contributed by atoms with Crippen LogP contribution in [0.1, 0.15) is 26.7 Å². The molecule has 6 nitrogen and oxygen atoms in total. The Hall–Kier alpha value is -1.85. The van der Waals surface area contributed by atoms with Crippen molar-refractivity contribution in [1.82, 2.24) is 15.1 Å². The molecule has 2 amide bonds. The Morgan fingerprint density at radius 2 is 2.21 bits per heavy atom. The average molecular weight is 262 g/mol. The molecule has 1 unspecified atom stereocenters. The van der Waals surface area contributed by atoms with Gasteiger partial charge in [0.25, 0.3) is 5.91 Å². The maximum atomic E-state index is 12.6. The minimum atomic E-state index is -0.746. The molecule has 1 saturated heterocycles. The molecule has 1 aromatic heterocycles. The highest BCUT2D eigenvalue weighted by molar-refractivity contribution is 6.09. The molecule has 0 aromatic carbocycles. The molecule has 1 N–H and O–H groups in total. The smallest absolute Gasteiger partial charge is 0.253 e. The zero-order valence-corrected chi connectivity index (χ0v) is 11.2. The van der Waals surface area contributed by atoms with Gasteiger partial charge in [0.1, 0.15) is 12.1 Å². The fraction of sp³-hybridized carbons (Fsp3) is 0.615. The number of aromatic nitrogens is 2. The van der Waals surface area contributed by atoms with Gasteiger partial charge in [0, 0.05) is 12.7 Å². The van der Waals surface area contributed by atoms with Gasteiger partial charge in [-0.2, -0.15) is 5.10 Å². The predicted octanol–water partition coefficient (Wildman–Crippen LogP) is 0.534. The van der Waals surface area contributed by atoms with Crippen molar-refractivity contribution < 1.29 is 9.59 Å². The molecule has 1 atom stereocenters. The van der Waals surface area contributed by atoms with Crippen molar-refractivity contribution in [3.8, 4) is 0 Å². The molecule has 1 aliphatic heterocycles. The van der Waals surface area contributed by atoms with Crippen LogP contribution < -0.4 is 10.2 Å². The summed E-state index contributed by atoms with van der Waals surface area (Å²) in [6, 6.07) is 0. The van der Waals surface area contributed by atoms with Crippen molar-refractivity contribution in [2.45, 2.75) is 38.8 Å². The van der Waals surface area contributed by atoms with E-state index in [0.29, 0.717) is 5.69 Å². The second kappa shape index (κ2) is 4.08. The number of amides is 2. The van der Waals surface area contributed by atoms with Gasteiger partial charge in [-0.1, -0.05) is 0 Å². The van der Waals surface area contributed by atoms with Crippen LogP contribution in [-0.4, -0.2) is 33.7 Å². The van der Waals surface area contributed by atoms with E-state index >= 15 is 0 Å². The molecule has 1 aliphatic carbocycles. The van der Waals surface area contributed by atoms with E-state index in [1.54, 1.807) is 15.8 Å². The maximum absolute atomic E-state index is 12.6. The molecule has 19 heavy (non-hydrogen) atoms. The monoisotopic (exact) mass is 262 g/mol. The van der Waals surface area contributed by atoms with E-state index in [1.807, 2.05) is 20.0 Å². The predicted molar refractivity (Wildman–Crippen MR) is 69.5 cm³/mol. The second-order valence-corrected chi connectivity index (χ2v) is 5.47. The van der Waals surface area contributed by atoms with Crippen LogP contribution in [-0.2, 0) is 16.1 Å². The molecular formula is C13H18N4O2. The minimum Gasteiger partial charge on any atom is -0.340 e. The Labute approximate surface area is 111 Å². The number of carbonyl (C=O) groups excluding carboxylic acids is 2. The van der Waals surface area contributed by atoms with E-state index in [1.165, 1.54) is 0 Å². The van der Waals surface area contributed by atoms with Crippen LogP contribution in [0.5, 0.6) is 0 Å². The number of piperazine rings is 1. The van der Waals surface area contributed by atoms with E-state index in [0.717, 1.165) is 19.4 Å². The molecule has 3 rings (SSSR count). The van der Waals surface area contributed by atoms with Crippen LogP contribution in [0.3, 0.4) is 0 Å². The summed E-state index contributed by atoms with van der Waals surface area (Å²) < 4.78 is 1.75. The molecule has 2 fully saturated rings. The molecule has 2 aliphatic rings. The van der Waals surface area contributed by atoms with E-state index in [-0.39, 0.29) is 24.3 Å². The summed E-state index contributed by atoms with van der Waals surface area (Å²) in [4.78, 5) is 26.1. The molecule has 0 radical (unpaired) electrons. The van der Waals surface area contributed by atoms with Crippen molar-refractivity contribution in [3.63, 3.8) is 0 Å². The lowest BCUT2D eigenvalue weighted by Crippen LogP contribution is -2.66. The Morgan fingerprint density at radius 3 is 2.79 bits per heavy atom. The minimum absolute atomic E-state index is 0.0229. The molecule has 0 bridgehead atoms. The number of nitrogens with one attached hydrogen (secondary N) is 1. The van der Waals surface area contributed by atoms with Gasteiger partial charge >= 0.3 is 0 Å². The van der Waals surface area contributed by atoms with Gasteiger partial charge in [0.15, 0.2) is 0 Å². The number of nitrogens with zero attached hydrogens (tertiary/aromatic N) is 3. The first-order chi connectivity index (χ1) is 9.04. The first kappa shape index (κ1) is 12.2. The summed E-state index contributed by atoms with van der Waals surface area (Å²) in [6.45, 7) is 4.64. The molecule has 1 saturated carbocycles. The number of carbonyl (C=O) groups is 2. The SMILES string of the molecule is CCn1cc(N2CC(=O)NC(C)(C3CC3)C2=O)cn1. The number of hydrogen-bond donors (Lipinski definition) is 1. The number of hydrogen-bond acceptors (Lipinski definition) is 3. The fourth-order valence-electron chi connectivity index (χ4n) is 2.69. The number of anilines is 1. The van der Waals surface area contributed by atoms with Crippen LogP contribution in [0.4, 0.5) is 5.69 Å². The van der Waals surface area contributed by atoms with Gasteiger partial charge in [-0.05, 0) is 32.6 Å². The van der Waals surface area contributed by atoms with E-state index in [9.17, 15) is 9.59 Å². The van der Waals surface area contributed by atoms with Gasteiger partial charge in [0.2, 0.25) is 5.91 Å². The Bertz CT molecular complexity index is 535. The lowest BCUT2D eigenvalue weighted by atomic mass is 9.91. The Morgan fingerprint density at radius 1 is 1.47 bits per heavy atom. The fourth-order valence-corrected chi connectivity index (χ4v) is 2.69. The lowest BCUT2D eigenvalue weighted by Gasteiger charge is -2.39. The summed E-state index contributed by atoms with van der Waals surface area (Å²) in [5.41, 5.74) is -0.0440. The molecule has 102 valence electrons. The standard InChI is InChI=1S/C13H18N4O2/c1-3-16-7-10(6-14-16)17-8-11(18)15-13(2,12(17)19)9-4-5-9/h6-7,9H,3-5,8H2,1-2H3,(H,15,18). The maximum Gasteiger partial charge on any atom is 0.253 e. The summed E-state index contributed by atoms with van der Waals surface area (Å²) in [7, 11) is 0. The summed E-state index contributed by atoms with van der Waals surface area (Å²) in [6.07, 6.45) is 5.46. The van der Waals surface area contributed by atoms with Crippen LogP contribution in [0.25, 0.3) is 0 Å². The topological polar surface area (TPSA) is 67.2 Å². The van der Waals surface area contributed by atoms with E-state index in [4.69, 9.17) is 0 Å². The first-order valence-electron chi connectivity index (χ1n) is 6.70. The van der Waals surface area contributed by atoms with Crippen LogP contribution in [0.2, 0.25) is 0 Å². The van der Waals surface area contributed by atoms with Gasteiger partial charge in [0.05, 0.1) is 11.9 Å². The molecule has 1 aromatic rings. The van der Waals surface area contributed by atoms with Crippen LogP contribution in [0.15, 0.2) is 12.4 Å². The quantitative estimate of drug-likeness (QED) is 0.864. The van der Waals surface area contributed by atoms with Crippen molar-refractivity contribution >= 4 is 17.5 Å². The van der Waals surface area contributed by atoms with Gasteiger partial charge < -0.3 is 5.32 Å². The third kappa shape index (κ3) is 1.91. The van der Waals surface area contributed by atoms with Crippen molar-refractivity contribution in [3.05, 3.63) is 12.4 Å². The zero-order valence-electron chi connectivity index (χ0n) is 11.2. The van der Waals surface area contributed by atoms with Gasteiger partial charge in [-0.25, -0.2) is 0 Å². The first-order valence-corrected chi connectivity index (χ1v) is 6.70. The van der Waals surface area contributed by atoms with Gasteiger partial charge in [-0.15, -0.1) is 0 Å². The lowest BCUT2D eigenvalue weighted by molar-refractivity contribution is -0.136. The average Bonchev–Trinajstić information content (AvgIpc) is 3.13. The Kier molecular flexibility index (Phi) is 2.62. The third-order valence-electron chi connectivity index (χ3n) is 4.04. The number of aryl methyl sites for hydroxylation is 1. The second-order valence-electron chi connectivity index (χ2n) is 5.47.